The first-order chi connectivity index (χ1) is 9.40. The highest BCUT2D eigenvalue weighted by molar-refractivity contribution is 9.10. The smallest absolute Gasteiger partial charge is 0.416 e. The average molecular weight is 366 g/mol. The fraction of sp³-hybridized carbons (Fsp3) is 0.231. The molecule has 0 aliphatic carbocycles. The van der Waals surface area contributed by atoms with Gasteiger partial charge in [-0.05, 0) is 40.2 Å². The number of ether oxygens (including phenoxy) is 1. The minimum absolute atomic E-state index is 0.153. The largest absolute Gasteiger partial charge is 0.484 e. The topological polar surface area (TPSA) is 35.2 Å². The van der Waals surface area contributed by atoms with Gasteiger partial charge in [-0.2, -0.15) is 13.2 Å². The number of benzene rings is 1. The van der Waals surface area contributed by atoms with Gasteiger partial charge < -0.3 is 10.5 Å². The molecule has 0 aliphatic rings. The third-order valence-corrected chi connectivity index (χ3v) is 4.34. The molecule has 0 aliphatic heterocycles. The van der Waals surface area contributed by atoms with Crippen molar-refractivity contribution in [1.29, 1.82) is 0 Å². The maximum Gasteiger partial charge on any atom is 0.416 e. The second kappa shape index (κ2) is 6.15. The fourth-order valence-electron chi connectivity index (χ4n) is 1.63. The normalized spacial score (nSPS) is 13.2. The molecular formula is C13H11BrF3NOS. The van der Waals surface area contributed by atoms with Gasteiger partial charge >= 0.3 is 6.18 Å². The minimum Gasteiger partial charge on any atom is -0.484 e. The van der Waals surface area contributed by atoms with E-state index < -0.39 is 17.8 Å². The molecule has 108 valence electrons. The number of hydrogen-bond acceptors (Lipinski definition) is 3. The van der Waals surface area contributed by atoms with E-state index in [0.717, 1.165) is 21.5 Å². The lowest BCUT2D eigenvalue weighted by molar-refractivity contribution is -0.137. The maximum absolute atomic E-state index is 12.6. The van der Waals surface area contributed by atoms with Gasteiger partial charge in [-0.15, -0.1) is 11.3 Å². The monoisotopic (exact) mass is 365 g/mol. The van der Waals surface area contributed by atoms with Crippen LogP contribution in [0.25, 0.3) is 0 Å². The molecular weight excluding hydrogens is 355 g/mol. The van der Waals surface area contributed by atoms with Gasteiger partial charge in [-0.1, -0.05) is 6.07 Å². The zero-order valence-corrected chi connectivity index (χ0v) is 12.6. The number of nitrogens with two attached hydrogens (primary N) is 1. The Morgan fingerprint density at radius 1 is 1.30 bits per heavy atom. The molecule has 1 heterocycles. The van der Waals surface area contributed by atoms with Crippen molar-refractivity contribution in [3.05, 3.63) is 50.6 Å². The van der Waals surface area contributed by atoms with Crippen molar-refractivity contribution in [2.24, 2.45) is 5.73 Å². The summed E-state index contributed by atoms with van der Waals surface area (Å²) in [5, 5.41) is 1.87. The van der Waals surface area contributed by atoms with Crippen molar-refractivity contribution in [2.45, 2.75) is 12.3 Å². The predicted molar refractivity (Wildman–Crippen MR) is 75.9 cm³/mol. The van der Waals surface area contributed by atoms with Gasteiger partial charge in [0.25, 0.3) is 0 Å². The van der Waals surface area contributed by atoms with Gasteiger partial charge in [0.15, 0.2) is 0 Å². The van der Waals surface area contributed by atoms with Crippen LogP contribution in [-0.2, 0) is 6.18 Å². The lowest BCUT2D eigenvalue weighted by Crippen LogP contribution is -2.17. The molecule has 0 radical (unpaired) electrons. The summed E-state index contributed by atoms with van der Waals surface area (Å²) in [5.41, 5.74) is 4.89. The van der Waals surface area contributed by atoms with Gasteiger partial charge in [-0.25, -0.2) is 0 Å². The number of thiophene rings is 1. The summed E-state index contributed by atoms with van der Waals surface area (Å²) in [6, 6.07) is 6.63. The molecule has 0 saturated carbocycles. The highest BCUT2D eigenvalue weighted by Gasteiger charge is 2.30. The molecule has 2 N–H and O–H groups in total. The van der Waals surface area contributed by atoms with E-state index in [4.69, 9.17) is 10.5 Å². The van der Waals surface area contributed by atoms with E-state index in [0.29, 0.717) is 0 Å². The second-order valence-electron chi connectivity index (χ2n) is 4.04. The molecule has 0 spiro atoms. The van der Waals surface area contributed by atoms with E-state index >= 15 is 0 Å². The van der Waals surface area contributed by atoms with Crippen LogP contribution in [0.1, 0.15) is 16.5 Å². The maximum atomic E-state index is 12.6. The Kier molecular flexibility index (Phi) is 4.72. The van der Waals surface area contributed by atoms with Crippen molar-refractivity contribution in [3.8, 4) is 5.75 Å². The predicted octanol–water partition coefficient (Wildman–Crippen LogP) is 4.61. The molecule has 0 fully saturated rings. The fourth-order valence-corrected chi connectivity index (χ4v) is 3.12. The van der Waals surface area contributed by atoms with Crippen LogP contribution < -0.4 is 10.5 Å². The quantitative estimate of drug-likeness (QED) is 0.858. The molecule has 1 unspecified atom stereocenters. The summed E-state index contributed by atoms with van der Waals surface area (Å²) >= 11 is 4.76. The molecule has 0 bridgehead atoms. The zero-order chi connectivity index (χ0) is 14.8. The number of hydrogen-bond donors (Lipinski definition) is 1. The van der Waals surface area contributed by atoms with Gasteiger partial charge in [0.05, 0.1) is 5.56 Å². The summed E-state index contributed by atoms with van der Waals surface area (Å²) in [4.78, 5) is 0.858. The van der Waals surface area contributed by atoms with Crippen molar-refractivity contribution >= 4 is 27.3 Å². The van der Waals surface area contributed by atoms with Crippen LogP contribution in [0.5, 0.6) is 5.75 Å². The standard InChI is InChI=1S/C13H11BrF3NOS/c14-9-5-12(20-7-9)11(6-18)19-10-3-1-2-8(4-10)13(15,16)17/h1-5,7,11H,6,18H2. The Hall–Kier alpha value is -1.05. The highest BCUT2D eigenvalue weighted by atomic mass is 79.9. The van der Waals surface area contributed by atoms with Crippen LogP contribution in [0, 0.1) is 0 Å². The third-order valence-electron chi connectivity index (χ3n) is 2.56. The first kappa shape index (κ1) is 15.3. The lowest BCUT2D eigenvalue weighted by Gasteiger charge is -2.17. The number of halogens is 4. The average Bonchev–Trinajstić information content (AvgIpc) is 2.82. The summed E-state index contributed by atoms with van der Waals surface area (Å²) in [7, 11) is 0. The van der Waals surface area contributed by atoms with E-state index in [2.05, 4.69) is 15.9 Å². The van der Waals surface area contributed by atoms with Crippen LogP contribution in [0.3, 0.4) is 0 Å². The molecule has 7 heteroatoms. The van der Waals surface area contributed by atoms with E-state index in [9.17, 15) is 13.2 Å². The molecule has 1 aromatic heterocycles. The van der Waals surface area contributed by atoms with Crippen molar-refractivity contribution in [2.75, 3.05) is 6.54 Å². The van der Waals surface area contributed by atoms with Gasteiger partial charge in [-0.3, -0.25) is 0 Å². The molecule has 20 heavy (non-hydrogen) atoms. The summed E-state index contributed by atoms with van der Waals surface area (Å²) < 4.78 is 44.3. The molecule has 2 nitrogen and oxygen atoms in total. The number of rotatable bonds is 4. The molecule has 1 aromatic carbocycles. The summed E-state index contributed by atoms with van der Waals surface area (Å²) in [6.07, 6.45) is -4.85. The Labute approximate surface area is 126 Å². The van der Waals surface area contributed by atoms with Gasteiger partial charge in [0.1, 0.15) is 11.9 Å². The lowest BCUT2D eigenvalue weighted by atomic mass is 10.2. The molecule has 1 atom stereocenters. The third kappa shape index (κ3) is 3.74. The Morgan fingerprint density at radius 3 is 2.60 bits per heavy atom. The van der Waals surface area contributed by atoms with E-state index in [-0.39, 0.29) is 12.3 Å². The first-order valence-corrected chi connectivity index (χ1v) is 7.35. The van der Waals surface area contributed by atoms with Gasteiger partial charge in [0, 0.05) is 21.3 Å². The summed E-state index contributed by atoms with van der Waals surface area (Å²) in [5.74, 6) is 0.153. The second-order valence-corrected chi connectivity index (χ2v) is 5.89. The van der Waals surface area contributed by atoms with Crippen LogP contribution in [0.4, 0.5) is 13.2 Å². The minimum atomic E-state index is -4.39. The van der Waals surface area contributed by atoms with Gasteiger partial charge in [0.2, 0.25) is 0 Å². The summed E-state index contributed by atoms with van der Waals surface area (Å²) in [6.45, 7) is 0.184. The Morgan fingerprint density at radius 2 is 2.05 bits per heavy atom. The van der Waals surface area contributed by atoms with Crippen LogP contribution in [0.15, 0.2) is 40.2 Å². The van der Waals surface area contributed by atoms with E-state index in [1.54, 1.807) is 0 Å². The zero-order valence-electron chi connectivity index (χ0n) is 10.2. The first-order valence-electron chi connectivity index (χ1n) is 5.68. The molecule has 2 aromatic rings. The highest BCUT2D eigenvalue weighted by Crippen LogP contribution is 2.33. The van der Waals surface area contributed by atoms with Crippen molar-refractivity contribution in [1.82, 2.24) is 0 Å². The van der Waals surface area contributed by atoms with Crippen molar-refractivity contribution in [3.63, 3.8) is 0 Å². The molecule has 0 saturated heterocycles. The Bertz CT molecular complexity index is 585. The SMILES string of the molecule is NCC(Oc1cccc(C(F)(F)F)c1)c1cc(Br)cs1. The number of alkyl halides is 3. The molecule has 2 rings (SSSR count). The van der Waals surface area contributed by atoms with E-state index in [1.807, 2.05) is 11.4 Å². The van der Waals surface area contributed by atoms with Crippen LogP contribution >= 0.6 is 27.3 Å². The van der Waals surface area contributed by atoms with Crippen LogP contribution in [0.2, 0.25) is 0 Å². The Balaban J connectivity index is 2.20. The van der Waals surface area contributed by atoms with Crippen LogP contribution in [-0.4, -0.2) is 6.54 Å². The van der Waals surface area contributed by atoms with E-state index in [1.165, 1.54) is 23.5 Å². The van der Waals surface area contributed by atoms with Crippen molar-refractivity contribution < 1.29 is 17.9 Å². The molecule has 0 amide bonds.